The van der Waals surface area contributed by atoms with Gasteiger partial charge in [0.25, 0.3) is 5.91 Å². The molecular weight excluding hydrogens is 286 g/mol. The number of rotatable bonds is 3. The highest BCUT2D eigenvalue weighted by Gasteiger charge is 2.29. The first-order chi connectivity index (χ1) is 11.1. The zero-order valence-corrected chi connectivity index (χ0v) is 14.4. The van der Waals surface area contributed by atoms with Crippen molar-refractivity contribution in [2.75, 3.05) is 45.2 Å². The fourth-order valence-electron chi connectivity index (χ4n) is 3.97. The van der Waals surface area contributed by atoms with Crippen LogP contribution in [0.5, 0.6) is 0 Å². The van der Waals surface area contributed by atoms with Crippen LogP contribution in [0.3, 0.4) is 0 Å². The van der Waals surface area contributed by atoms with Crippen LogP contribution < -0.4 is 10.2 Å². The lowest BCUT2D eigenvalue weighted by Gasteiger charge is -2.37. The zero-order chi connectivity index (χ0) is 16.2. The fraction of sp³-hybridized carbons (Fsp3) is 0.632. The third kappa shape index (κ3) is 3.86. The zero-order valence-electron chi connectivity index (χ0n) is 14.4. The van der Waals surface area contributed by atoms with Gasteiger partial charge in [-0.2, -0.15) is 0 Å². The molecule has 2 aliphatic heterocycles. The number of anilines is 1. The first-order valence-corrected chi connectivity index (χ1v) is 8.92. The maximum absolute atomic E-state index is 12.7. The smallest absolute Gasteiger partial charge is 0.253 e. The first kappa shape index (κ1) is 16.3. The normalized spacial score (nSPS) is 20.5. The average Bonchev–Trinajstić information content (AvgIpc) is 2.62. The summed E-state index contributed by atoms with van der Waals surface area (Å²) in [7, 11) is 4.03. The van der Waals surface area contributed by atoms with Gasteiger partial charge in [0, 0.05) is 38.4 Å². The number of hydrogen-bond acceptors (Lipinski definition) is 3. The SMILES string of the molecule is CN(C)c1ccc(C(=O)N2CCC(C3CCNCC3)CC2)cc1. The second-order valence-corrected chi connectivity index (χ2v) is 7.16. The molecule has 2 saturated heterocycles. The van der Waals surface area contributed by atoms with Crippen LogP contribution in [0.4, 0.5) is 5.69 Å². The minimum Gasteiger partial charge on any atom is -0.378 e. The van der Waals surface area contributed by atoms with Crippen molar-refractivity contribution in [2.24, 2.45) is 11.8 Å². The Kier molecular flexibility index (Phi) is 5.21. The number of piperidine rings is 2. The van der Waals surface area contributed by atoms with E-state index in [1.54, 1.807) is 0 Å². The molecular formula is C19H29N3O. The Morgan fingerprint density at radius 1 is 1.00 bits per heavy atom. The van der Waals surface area contributed by atoms with Gasteiger partial charge in [0.15, 0.2) is 0 Å². The minimum atomic E-state index is 0.194. The van der Waals surface area contributed by atoms with E-state index in [-0.39, 0.29) is 5.91 Å². The third-order valence-electron chi connectivity index (χ3n) is 5.51. The number of nitrogens with one attached hydrogen (secondary N) is 1. The van der Waals surface area contributed by atoms with Crippen molar-refractivity contribution in [3.8, 4) is 0 Å². The maximum Gasteiger partial charge on any atom is 0.253 e. The Morgan fingerprint density at radius 3 is 2.13 bits per heavy atom. The Labute approximate surface area is 139 Å². The highest BCUT2D eigenvalue weighted by Crippen LogP contribution is 2.31. The Morgan fingerprint density at radius 2 is 1.57 bits per heavy atom. The minimum absolute atomic E-state index is 0.194. The summed E-state index contributed by atoms with van der Waals surface area (Å²) in [6.45, 7) is 4.18. The van der Waals surface area contributed by atoms with Gasteiger partial charge in [-0.3, -0.25) is 4.79 Å². The van der Waals surface area contributed by atoms with E-state index in [1.165, 1.54) is 38.8 Å². The Bertz CT molecular complexity index is 512. The highest BCUT2D eigenvalue weighted by atomic mass is 16.2. The Hall–Kier alpha value is -1.55. The number of carbonyl (C=O) groups is 1. The molecule has 2 heterocycles. The van der Waals surface area contributed by atoms with Gasteiger partial charge in [-0.05, 0) is 74.9 Å². The van der Waals surface area contributed by atoms with Crippen LogP contribution in [-0.4, -0.2) is 51.1 Å². The van der Waals surface area contributed by atoms with E-state index in [4.69, 9.17) is 0 Å². The van der Waals surface area contributed by atoms with E-state index in [1.807, 2.05) is 43.3 Å². The molecule has 0 bridgehead atoms. The molecule has 0 atom stereocenters. The molecule has 0 spiro atoms. The second-order valence-electron chi connectivity index (χ2n) is 7.16. The van der Waals surface area contributed by atoms with Gasteiger partial charge in [0.05, 0.1) is 0 Å². The molecule has 4 heteroatoms. The number of likely N-dealkylation sites (tertiary alicyclic amines) is 1. The summed E-state index contributed by atoms with van der Waals surface area (Å²) in [6.07, 6.45) is 4.97. The number of amides is 1. The summed E-state index contributed by atoms with van der Waals surface area (Å²) >= 11 is 0. The van der Waals surface area contributed by atoms with Crippen molar-refractivity contribution in [1.29, 1.82) is 0 Å². The molecule has 0 aliphatic carbocycles. The molecule has 1 aromatic carbocycles. The fourth-order valence-corrected chi connectivity index (χ4v) is 3.97. The highest BCUT2D eigenvalue weighted by molar-refractivity contribution is 5.94. The lowest BCUT2D eigenvalue weighted by atomic mass is 9.79. The summed E-state index contributed by atoms with van der Waals surface area (Å²) in [4.78, 5) is 16.8. The number of nitrogens with zero attached hydrogens (tertiary/aromatic N) is 2. The van der Waals surface area contributed by atoms with Gasteiger partial charge in [-0.1, -0.05) is 0 Å². The lowest BCUT2D eigenvalue weighted by Crippen LogP contribution is -2.42. The molecule has 0 radical (unpaired) electrons. The van der Waals surface area contributed by atoms with Gasteiger partial charge in [0.1, 0.15) is 0 Å². The van der Waals surface area contributed by atoms with Gasteiger partial charge < -0.3 is 15.1 Å². The molecule has 23 heavy (non-hydrogen) atoms. The monoisotopic (exact) mass is 315 g/mol. The molecule has 4 nitrogen and oxygen atoms in total. The lowest BCUT2D eigenvalue weighted by molar-refractivity contribution is 0.0642. The van der Waals surface area contributed by atoms with Crippen LogP contribution >= 0.6 is 0 Å². The average molecular weight is 315 g/mol. The molecule has 0 saturated carbocycles. The van der Waals surface area contributed by atoms with E-state index in [0.717, 1.165) is 36.2 Å². The second kappa shape index (κ2) is 7.35. The van der Waals surface area contributed by atoms with Crippen LogP contribution in [0.2, 0.25) is 0 Å². The van der Waals surface area contributed by atoms with Crippen LogP contribution in [0.1, 0.15) is 36.0 Å². The molecule has 2 fully saturated rings. The van der Waals surface area contributed by atoms with Crippen molar-refractivity contribution in [3.63, 3.8) is 0 Å². The topological polar surface area (TPSA) is 35.6 Å². The largest absolute Gasteiger partial charge is 0.378 e. The standard InChI is InChI=1S/C19H29N3O/c1-21(2)18-5-3-17(4-6-18)19(23)22-13-9-16(10-14-22)15-7-11-20-12-8-15/h3-6,15-16,20H,7-14H2,1-2H3. The van der Waals surface area contributed by atoms with Crippen LogP contribution in [0.15, 0.2) is 24.3 Å². The molecule has 3 rings (SSSR count). The molecule has 0 unspecified atom stereocenters. The van der Waals surface area contributed by atoms with Gasteiger partial charge >= 0.3 is 0 Å². The van der Waals surface area contributed by atoms with E-state index in [9.17, 15) is 4.79 Å². The van der Waals surface area contributed by atoms with Gasteiger partial charge in [0.2, 0.25) is 0 Å². The quantitative estimate of drug-likeness (QED) is 0.931. The van der Waals surface area contributed by atoms with Gasteiger partial charge in [-0.15, -0.1) is 0 Å². The van der Waals surface area contributed by atoms with Crippen molar-refractivity contribution < 1.29 is 4.79 Å². The molecule has 1 N–H and O–H groups in total. The van der Waals surface area contributed by atoms with Crippen LogP contribution in [0.25, 0.3) is 0 Å². The third-order valence-corrected chi connectivity index (χ3v) is 5.51. The van der Waals surface area contributed by atoms with Crippen molar-refractivity contribution in [2.45, 2.75) is 25.7 Å². The molecule has 2 aliphatic rings. The maximum atomic E-state index is 12.7. The number of benzene rings is 1. The van der Waals surface area contributed by atoms with E-state index in [0.29, 0.717) is 0 Å². The summed E-state index contributed by atoms with van der Waals surface area (Å²) in [5.74, 6) is 1.88. The van der Waals surface area contributed by atoms with E-state index < -0.39 is 0 Å². The van der Waals surface area contributed by atoms with Crippen molar-refractivity contribution in [3.05, 3.63) is 29.8 Å². The predicted octanol–water partition coefficient (Wildman–Crippen LogP) is 2.60. The summed E-state index contributed by atoms with van der Waals surface area (Å²) in [5, 5.41) is 3.45. The number of hydrogen-bond donors (Lipinski definition) is 1. The molecule has 1 amide bonds. The molecule has 0 aromatic heterocycles. The summed E-state index contributed by atoms with van der Waals surface area (Å²) in [5.41, 5.74) is 1.95. The summed E-state index contributed by atoms with van der Waals surface area (Å²) in [6, 6.07) is 7.96. The molecule has 1 aromatic rings. The Balaban J connectivity index is 1.55. The van der Waals surface area contributed by atoms with Crippen molar-refractivity contribution in [1.82, 2.24) is 10.2 Å². The predicted molar refractivity (Wildman–Crippen MR) is 95.0 cm³/mol. The number of carbonyl (C=O) groups excluding carboxylic acids is 1. The summed E-state index contributed by atoms with van der Waals surface area (Å²) < 4.78 is 0. The van der Waals surface area contributed by atoms with Crippen LogP contribution in [0, 0.1) is 11.8 Å². The van der Waals surface area contributed by atoms with Gasteiger partial charge in [-0.25, -0.2) is 0 Å². The van der Waals surface area contributed by atoms with E-state index in [2.05, 4.69) is 10.2 Å². The molecule has 126 valence electrons. The first-order valence-electron chi connectivity index (χ1n) is 8.92. The van der Waals surface area contributed by atoms with E-state index >= 15 is 0 Å². The van der Waals surface area contributed by atoms with Crippen molar-refractivity contribution >= 4 is 11.6 Å². The van der Waals surface area contributed by atoms with Crippen LogP contribution in [-0.2, 0) is 0 Å².